The van der Waals surface area contributed by atoms with Gasteiger partial charge in [-0.25, -0.2) is 0 Å². The molecule has 0 amide bonds. The fraction of sp³-hybridized carbons (Fsp3) is 0.667. The van der Waals surface area contributed by atoms with Crippen LogP contribution in [0.5, 0.6) is 0 Å². The molecule has 1 saturated heterocycles. The van der Waals surface area contributed by atoms with E-state index in [1.54, 1.807) is 86.6 Å². The third-order valence-electron chi connectivity index (χ3n) is 5.49. The van der Waals surface area contributed by atoms with Gasteiger partial charge in [0.15, 0.2) is 12.2 Å². The summed E-state index contributed by atoms with van der Waals surface area (Å²) < 4.78 is 23.2. The van der Waals surface area contributed by atoms with Crippen LogP contribution in [0.4, 0.5) is 0 Å². The van der Waals surface area contributed by atoms with Crippen molar-refractivity contribution in [1.29, 1.82) is 0 Å². The molecule has 0 bridgehead atoms. The Balaban J connectivity index is 2.49. The number of carbonyl (C=O) groups excluding carboxylic acids is 3. The summed E-state index contributed by atoms with van der Waals surface area (Å²) in [5.41, 5.74) is -1.85. The van der Waals surface area contributed by atoms with E-state index in [0.717, 1.165) is 0 Å². The van der Waals surface area contributed by atoms with E-state index < -0.39 is 64.7 Å². The monoisotopic (exact) mass is 492 g/mol. The van der Waals surface area contributed by atoms with Crippen molar-refractivity contribution >= 4 is 17.9 Å². The van der Waals surface area contributed by atoms with Crippen LogP contribution in [0.25, 0.3) is 0 Å². The molecular formula is C27H40O8. The van der Waals surface area contributed by atoms with Gasteiger partial charge in [-0.05, 0) is 67.9 Å². The Hall–Kier alpha value is -2.45. The number of esters is 3. The summed E-state index contributed by atoms with van der Waals surface area (Å²) in [4.78, 5) is 38.2. The van der Waals surface area contributed by atoms with Crippen LogP contribution in [-0.2, 0) is 33.3 Å². The van der Waals surface area contributed by atoms with Gasteiger partial charge in [-0.1, -0.05) is 30.3 Å². The van der Waals surface area contributed by atoms with Crippen molar-refractivity contribution in [1.82, 2.24) is 0 Å². The molecule has 1 aromatic carbocycles. The van der Waals surface area contributed by atoms with Gasteiger partial charge in [0.1, 0.15) is 24.9 Å². The number of hydrogen-bond acceptors (Lipinski definition) is 8. The zero-order valence-electron chi connectivity index (χ0n) is 22.3. The summed E-state index contributed by atoms with van der Waals surface area (Å²) in [6, 6.07) is 8.96. The van der Waals surface area contributed by atoms with Crippen LogP contribution in [0, 0.1) is 16.2 Å². The van der Waals surface area contributed by atoms with Gasteiger partial charge in [0, 0.05) is 0 Å². The molecule has 0 saturated carbocycles. The van der Waals surface area contributed by atoms with Crippen molar-refractivity contribution in [2.45, 2.75) is 92.8 Å². The highest BCUT2D eigenvalue weighted by Crippen LogP contribution is 2.37. The normalized spacial score (nSPS) is 25.5. The van der Waals surface area contributed by atoms with E-state index in [2.05, 4.69) is 0 Å². The molecular weight excluding hydrogens is 452 g/mol. The first-order valence-electron chi connectivity index (χ1n) is 11.9. The van der Waals surface area contributed by atoms with Crippen LogP contribution in [0.15, 0.2) is 30.3 Å². The van der Waals surface area contributed by atoms with Gasteiger partial charge in [0.2, 0.25) is 0 Å². The summed E-state index contributed by atoms with van der Waals surface area (Å²) >= 11 is 0. The zero-order valence-corrected chi connectivity index (χ0v) is 22.3. The molecule has 1 heterocycles. The maximum Gasteiger partial charge on any atom is 0.311 e. The molecule has 35 heavy (non-hydrogen) atoms. The van der Waals surface area contributed by atoms with E-state index in [1.165, 1.54) is 0 Å². The van der Waals surface area contributed by atoms with Gasteiger partial charge in [-0.3, -0.25) is 14.4 Å². The maximum absolute atomic E-state index is 12.9. The number of ether oxygens (including phenoxy) is 4. The largest absolute Gasteiger partial charge is 0.462 e. The Morgan fingerprint density at radius 2 is 1.23 bits per heavy atom. The van der Waals surface area contributed by atoms with Crippen LogP contribution in [-0.4, -0.2) is 54.0 Å². The van der Waals surface area contributed by atoms with E-state index in [0.29, 0.717) is 5.56 Å². The summed E-state index contributed by atoms with van der Waals surface area (Å²) in [5.74, 6) is -1.61. The highest BCUT2D eigenvalue weighted by atomic mass is 16.6. The number of aliphatic hydroxyl groups excluding tert-OH is 1. The van der Waals surface area contributed by atoms with Gasteiger partial charge in [-0.15, -0.1) is 0 Å². The Labute approximate surface area is 208 Å². The molecule has 1 aliphatic rings. The number of carbonyl (C=O) groups is 3. The molecule has 1 N–H and O–H groups in total. The minimum Gasteiger partial charge on any atom is -0.462 e. The van der Waals surface area contributed by atoms with Gasteiger partial charge in [0.25, 0.3) is 0 Å². The second kappa shape index (κ2) is 10.7. The van der Waals surface area contributed by atoms with E-state index >= 15 is 0 Å². The topological polar surface area (TPSA) is 108 Å². The fourth-order valence-electron chi connectivity index (χ4n) is 3.23. The molecule has 8 nitrogen and oxygen atoms in total. The molecule has 1 aromatic rings. The Kier molecular flexibility index (Phi) is 8.77. The molecule has 0 spiro atoms. The molecule has 0 aliphatic carbocycles. The number of benzene rings is 1. The second-order valence-electron chi connectivity index (χ2n) is 12.1. The molecule has 5 atom stereocenters. The lowest BCUT2D eigenvalue weighted by Gasteiger charge is -2.44. The summed E-state index contributed by atoms with van der Waals surface area (Å²) in [7, 11) is 0. The van der Waals surface area contributed by atoms with Crippen LogP contribution in [0.1, 0.15) is 74.0 Å². The van der Waals surface area contributed by atoms with Crippen molar-refractivity contribution in [3.8, 4) is 0 Å². The third-order valence-corrected chi connectivity index (χ3v) is 5.49. The smallest absolute Gasteiger partial charge is 0.311 e. The van der Waals surface area contributed by atoms with Gasteiger partial charge >= 0.3 is 17.9 Å². The minimum absolute atomic E-state index is 0.252. The van der Waals surface area contributed by atoms with Crippen LogP contribution in [0.3, 0.4) is 0 Å². The first kappa shape index (κ1) is 28.8. The van der Waals surface area contributed by atoms with E-state index in [9.17, 15) is 19.5 Å². The first-order chi connectivity index (χ1) is 15.9. The second-order valence-corrected chi connectivity index (χ2v) is 12.1. The molecule has 1 fully saturated rings. The predicted molar refractivity (Wildman–Crippen MR) is 129 cm³/mol. The number of hydrogen-bond donors (Lipinski definition) is 1. The van der Waals surface area contributed by atoms with Crippen molar-refractivity contribution in [3.63, 3.8) is 0 Å². The SMILES string of the molecule is CC(C)(C)C(=O)OC[C@H]1O[C@H](c2ccccc2)[C@H](O)[C@@H](OC(=O)C(C)(C)C)[C@@H]1OC(=O)C(C)(C)C. The summed E-state index contributed by atoms with van der Waals surface area (Å²) in [6.45, 7) is 15.0. The molecule has 0 radical (unpaired) electrons. The molecule has 196 valence electrons. The lowest BCUT2D eigenvalue weighted by atomic mass is 9.89. The van der Waals surface area contributed by atoms with Gasteiger partial charge in [0.05, 0.1) is 16.2 Å². The Morgan fingerprint density at radius 3 is 1.69 bits per heavy atom. The van der Waals surface area contributed by atoms with E-state index in [-0.39, 0.29) is 6.61 Å². The van der Waals surface area contributed by atoms with Crippen LogP contribution in [0.2, 0.25) is 0 Å². The lowest BCUT2D eigenvalue weighted by Crippen LogP contribution is -2.59. The van der Waals surface area contributed by atoms with Gasteiger partial charge < -0.3 is 24.1 Å². The highest BCUT2D eigenvalue weighted by molar-refractivity contribution is 5.77. The average molecular weight is 493 g/mol. The molecule has 0 unspecified atom stereocenters. The Bertz CT molecular complexity index is 888. The molecule has 8 heteroatoms. The summed E-state index contributed by atoms with van der Waals surface area (Å²) in [5, 5.41) is 11.3. The molecule has 0 aromatic heterocycles. The Morgan fingerprint density at radius 1 is 0.771 bits per heavy atom. The van der Waals surface area contributed by atoms with Gasteiger partial charge in [-0.2, -0.15) is 0 Å². The van der Waals surface area contributed by atoms with Crippen LogP contribution < -0.4 is 0 Å². The maximum atomic E-state index is 12.9. The number of rotatable bonds is 5. The molecule has 2 rings (SSSR count). The van der Waals surface area contributed by atoms with E-state index in [4.69, 9.17) is 18.9 Å². The van der Waals surface area contributed by atoms with Crippen molar-refractivity contribution in [3.05, 3.63) is 35.9 Å². The third kappa shape index (κ3) is 7.51. The van der Waals surface area contributed by atoms with Crippen molar-refractivity contribution in [2.24, 2.45) is 16.2 Å². The minimum atomic E-state index is -1.34. The standard InChI is InChI=1S/C27H40O8/c1-25(2,3)22(29)32-15-17-20(34-23(30)26(4,5)6)21(35-24(31)27(7,8)9)18(28)19(33-17)16-13-11-10-12-14-16/h10-14,17-21,28H,15H2,1-9H3/t17-,18+,19-,20-,21-/m1/s1. The van der Waals surface area contributed by atoms with Crippen LogP contribution >= 0.6 is 0 Å². The predicted octanol–water partition coefficient (Wildman–Crippen LogP) is 3.99. The quantitative estimate of drug-likeness (QED) is 0.486. The van der Waals surface area contributed by atoms with Crippen molar-refractivity contribution < 1.29 is 38.4 Å². The summed E-state index contributed by atoms with van der Waals surface area (Å²) in [6.07, 6.45) is -5.67. The van der Waals surface area contributed by atoms with E-state index in [1.807, 2.05) is 6.07 Å². The fourth-order valence-corrected chi connectivity index (χ4v) is 3.23. The zero-order chi connectivity index (χ0) is 26.8. The highest BCUT2D eigenvalue weighted by Gasteiger charge is 2.52. The van der Waals surface area contributed by atoms with Crippen molar-refractivity contribution in [2.75, 3.05) is 6.61 Å². The number of aliphatic hydroxyl groups is 1. The lowest BCUT2D eigenvalue weighted by molar-refractivity contribution is -0.255. The molecule has 1 aliphatic heterocycles. The average Bonchev–Trinajstić information content (AvgIpc) is 2.73. The first-order valence-corrected chi connectivity index (χ1v) is 11.9.